The van der Waals surface area contributed by atoms with E-state index in [0.717, 1.165) is 12.8 Å². The Labute approximate surface area is 88.7 Å². The molecule has 1 aliphatic carbocycles. The second kappa shape index (κ2) is 5.70. The third-order valence-corrected chi connectivity index (χ3v) is 2.43. The van der Waals surface area contributed by atoms with Gasteiger partial charge in [0, 0.05) is 25.4 Å². The van der Waals surface area contributed by atoms with E-state index in [1.165, 1.54) is 0 Å². The molecule has 0 spiro atoms. The average Bonchev–Trinajstić information content (AvgIpc) is 2.96. The standard InChI is InChI=1S/C10H17NO4/c12-7-6-11(8-4-5-8)9(13)2-1-3-10(14)15/h8,12H,1-7H2,(H,14,15). The lowest BCUT2D eigenvalue weighted by Crippen LogP contribution is -2.35. The first-order valence-corrected chi connectivity index (χ1v) is 5.27. The van der Waals surface area contributed by atoms with Crippen LogP contribution in [0.5, 0.6) is 0 Å². The van der Waals surface area contributed by atoms with Crippen molar-refractivity contribution in [3.05, 3.63) is 0 Å². The van der Waals surface area contributed by atoms with Crippen molar-refractivity contribution in [3.63, 3.8) is 0 Å². The molecule has 0 radical (unpaired) electrons. The smallest absolute Gasteiger partial charge is 0.303 e. The lowest BCUT2D eigenvalue weighted by molar-refractivity contribution is -0.137. The fraction of sp³-hybridized carbons (Fsp3) is 0.800. The van der Waals surface area contributed by atoms with Crippen molar-refractivity contribution in [2.24, 2.45) is 0 Å². The number of carbonyl (C=O) groups excluding carboxylic acids is 1. The molecule has 5 heteroatoms. The van der Waals surface area contributed by atoms with Crippen LogP contribution in [0, 0.1) is 0 Å². The van der Waals surface area contributed by atoms with Crippen LogP contribution in [-0.4, -0.2) is 46.2 Å². The number of amides is 1. The van der Waals surface area contributed by atoms with Gasteiger partial charge in [0.1, 0.15) is 0 Å². The third-order valence-electron chi connectivity index (χ3n) is 2.43. The fourth-order valence-electron chi connectivity index (χ4n) is 1.54. The molecule has 1 fully saturated rings. The molecule has 0 atom stereocenters. The van der Waals surface area contributed by atoms with E-state index in [0.29, 0.717) is 13.0 Å². The zero-order chi connectivity index (χ0) is 11.3. The van der Waals surface area contributed by atoms with Gasteiger partial charge >= 0.3 is 5.97 Å². The number of aliphatic carboxylic acids is 1. The summed E-state index contributed by atoms with van der Waals surface area (Å²) >= 11 is 0. The van der Waals surface area contributed by atoms with E-state index in [2.05, 4.69) is 0 Å². The number of hydrogen-bond acceptors (Lipinski definition) is 3. The Balaban J connectivity index is 2.25. The lowest BCUT2D eigenvalue weighted by atomic mass is 10.2. The summed E-state index contributed by atoms with van der Waals surface area (Å²) in [5.41, 5.74) is 0. The van der Waals surface area contributed by atoms with Gasteiger partial charge in [-0.25, -0.2) is 0 Å². The molecule has 0 unspecified atom stereocenters. The summed E-state index contributed by atoms with van der Waals surface area (Å²) in [5.74, 6) is -0.907. The Morgan fingerprint density at radius 2 is 1.93 bits per heavy atom. The molecule has 0 saturated heterocycles. The number of nitrogens with zero attached hydrogens (tertiary/aromatic N) is 1. The first-order chi connectivity index (χ1) is 7.15. The maximum absolute atomic E-state index is 11.6. The van der Waals surface area contributed by atoms with Crippen molar-refractivity contribution in [1.29, 1.82) is 0 Å². The second-order valence-electron chi connectivity index (χ2n) is 3.79. The number of carbonyl (C=O) groups is 2. The molecule has 0 bridgehead atoms. The first kappa shape index (κ1) is 12.0. The number of carboxylic acids is 1. The zero-order valence-electron chi connectivity index (χ0n) is 8.69. The van der Waals surface area contributed by atoms with E-state index < -0.39 is 5.97 Å². The van der Waals surface area contributed by atoms with Crippen LogP contribution >= 0.6 is 0 Å². The number of rotatable bonds is 7. The fourth-order valence-corrected chi connectivity index (χ4v) is 1.54. The number of hydrogen-bond donors (Lipinski definition) is 2. The van der Waals surface area contributed by atoms with Crippen molar-refractivity contribution in [3.8, 4) is 0 Å². The Morgan fingerprint density at radius 1 is 1.27 bits per heavy atom. The van der Waals surface area contributed by atoms with Crippen LogP contribution in [0.1, 0.15) is 32.1 Å². The zero-order valence-corrected chi connectivity index (χ0v) is 8.69. The molecule has 1 aliphatic rings. The highest BCUT2D eigenvalue weighted by Gasteiger charge is 2.31. The van der Waals surface area contributed by atoms with Crippen LogP contribution in [0.15, 0.2) is 0 Å². The molecular formula is C10H17NO4. The maximum atomic E-state index is 11.6. The molecule has 0 aromatic rings. The molecule has 15 heavy (non-hydrogen) atoms. The monoisotopic (exact) mass is 215 g/mol. The molecule has 0 aliphatic heterocycles. The first-order valence-electron chi connectivity index (χ1n) is 5.27. The van der Waals surface area contributed by atoms with Crippen molar-refractivity contribution < 1.29 is 19.8 Å². The summed E-state index contributed by atoms with van der Waals surface area (Å²) in [7, 11) is 0. The molecule has 5 nitrogen and oxygen atoms in total. The van der Waals surface area contributed by atoms with Gasteiger partial charge in [0.05, 0.1) is 6.61 Å². The SMILES string of the molecule is O=C(O)CCCC(=O)N(CCO)C1CC1. The molecule has 0 aromatic heterocycles. The topological polar surface area (TPSA) is 77.8 Å². The summed E-state index contributed by atoms with van der Waals surface area (Å²) in [6.45, 7) is 0.345. The highest BCUT2D eigenvalue weighted by Crippen LogP contribution is 2.27. The van der Waals surface area contributed by atoms with Crippen molar-refractivity contribution in [2.75, 3.05) is 13.2 Å². The van der Waals surface area contributed by atoms with Gasteiger partial charge in [-0.3, -0.25) is 9.59 Å². The second-order valence-corrected chi connectivity index (χ2v) is 3.79. The van der Waals surface area contributed by atoms with E-state index >= 15 is 0 Å². The number of aliphatic hydroxyl groups is 1. The number of aliphatic hydroxyl groups excluding tert-OH is 1. The Hall–Kier alpha value is -1.10. The summed E-state index contributed by atoms with van der Waals surface area (Å²) in [6.07, 6.45) is 2.68. The Bertz CT molecular complexity index is 238. The molecule has 1 rings (SSSR count). The van der Waals surface area contributed by atoms with Gasteiger partial charge in [0.25, 0.3) is 0 Å². The van der Waals surface area contributed by atoms with Gasteiger partial charge < -0.3 is 15.1 Å². The minimum Gasteiger partial charge on any atom is -0.481 e. The van der Waals surface area contributed by atoms with Crippen molar-refractivity contribution in [1.82, 2.24) is 4.90 Å². The third kappa shape index (κ3) is 4.29. The van der Waals surface area contributed by atoms with Gasteiger partial charge in [0.2, 0.25) is 5.91 Å². The predicted molar refractivity (Wildman–Crippen MR) is 53.3 cm³/mol. The summed E-state index contributed by atoms with van der Waals surface area (Å²) < 4.78 is 0. The molecule has 1 amide bonds. The van der Waals surface area contributed by atoms with Crippen LogP contribution in [0.25, 0.3) is 0 Å². The van der Waals surface area contributed by atoms with Gasteiger partial charge in [-0.05, 0) is 19.3 Å². The van der Waals surface area contributed by atoms with E-state index in [1.54, 1.807) is 4.90 Å². The van der Waals surface area contributed by atoms with Crippen molar-refractivity contribution >= 4 is 11.9 Å². The van der Waals surface area contributed by atoms with Crippen LogP contribution in [-0.2, 0) is 9.59 Å². The normalized spacial score (nSPS) is 15.0. The number of carboxylic acid groups (broad SMARTS) is 1. The molecule has 0 aromatic carbocycles. The molecule has 86 valence electrons. The maximum Gasteiger partial charge on any atom is 0.303 e. The predicted octanol–water partition coefficient (Wildman–Crippen LogP) is 0.225. The van der Waals surface area contributed by atoms with Crippen molar-refractivity contribution in [2.45, 2.75) is 38.1 Å². The molecule has 1 saturated carbocycles. The lowest BCUT2D eigenvalue weighted by Gasteiger charge is -2.21. The minimum atomic E-state index is -0.872. The van der Waals surface area contributed by atoms with E-state index in [-0.39, 0.29) is 31.4 Å². The average molecular weight is 215 g/mol. The van der Waals surface area contributed by atoms with E-state index in [1.807, 2.05) is 0 Å². The summed E-state index contributed by atoms with van der Waals surface area (Å²) in [6, 6.07) is 0.287. The highest BCUT2D eigenvalue weighted by molar-refractivity contribution is 5.77. The van der Waals surface area contributed by atoms with E-state index in [4.69, 9.17) is 10.2 Å². The van der Waals surface area contributed by atoms with E-state index in [9.17, 15) is 9.59 Å². The molecular weight excluding hydrogens is 198 g/mol. The Kier molecular flexibility index (Phi) is 4.55. The summed E-state index contributed by atoms with van der Waals surface area (Å²) in [4.78, 5) is 23.5. The van der Waals surface area contributed by atoms with Gasteiger partial charge in [-0.15, -0.1) is 0 Å². The van der Waals surface area contributed by atoms with Crippen LogP contribution < -0.4 is 0 Å². The van der Waals surface area contributed by atoms with Gasteiger partial charge in [-0.2, -0.15) is 0 Å². The highest BCUT2D eigenvalue weighted by atomic mass is 16.4. The van der Waals surface area contributed by atoms with Gasteiger partial charge in [-0.1, -0.05) is 0 Å². The van der Waals surface area contributed by atoms with Crippen LogP contribution in [0.2, 0.25) is 0 Å². The molecule has 2 N–H and O–H groups in total. The Morgan fingerprint density at radius 3 is 2.40 bits per heavy atom. The van der Waals surface area contributed by atoms with Crippen LogP contribution in [0.4, 0.5) is 0 Å². The minimum absolute atomic E-state index is 0.0266. The summed E-state index contributed by atoms with van der Waals surface area (Å²) in [5, 5.41) is 17.2. The largest absolute Gasteiger partial charge is 0.481 e. The molecule has 0 heterocycles. The quantitative estimate of drug-likeness (QED) is 0.637. The van der Waals surface area contributed by atoms with Crippen LogP contribution in [0.3, 0.4) is 0 Å². The van der Waals surface area contributed by atoms with Gasteiger partial charge in [0.15, 0.2) is 0 Å².